The van der Waals surface area contributed by atoms with Gasteiger partial charge in [0.2, 0.25) is 0 Å². The molecule has 112 valence electrons. The van der Waals surface area contributed by atoms with Crippen molar-refractivity contribution >= 4 is 27.3 Å². The molecule has 1 atom stereocenters. The minimum Gasteiger partial charge on any atom is -0.291 e. The van der Waals surface area contributed by atoms with Crippen molar-refractivity contribution in [3.8, 4) is 0 Å². The van der Waals surface area contributed by atoms with E-state index in [1.54, 1.807) is 4.88 Å². The van der Waals surface area contributed by atoms with Gasteiger partial charge in [-0.05, 0) is 61.0 Å². The van der Waals surface area contributed by atoms with Crippen LogP contribution in [0.15, 0.2) is 40.2 Å². The molecule has 0 saturated carbocycles. The molecule has 1 nitrogen and oxygen atoms in total. The molecule has 0 aliphatic carbocycles. The molecule has 1 aromatic heterocycles. The lowest BCUT2D eigenvalue weighted by Gasteiger charge is -2.30. The lowest BCUT2D eigenvalue weighted by molar-refractivity contribution is 0.195. The quantitative estimate of drug-likeness (QED) is 0.652. The van der Waals surface area contributed by atoms with Crippen molar-refractivity contribution < 1.29 is 0 Å². The van der Waals surface area contributed by atoms with Crippen LogP contribution in [0.1, 0.15) is 47.7 Å². The zero-order chi connectivity index (χ0) is 14.7. The molecule has 2 heterocycles. The van der Waals surface area contributed by atoms with Crippen LogP contribution in [0.5, 0.6) is 0 Å². The van der Waals surface area contributed by atoms with Gasteiger partial charge in [-0.25, -0.2) is 0 Å². The summed E-state index contributed by atoms with van der Waals surface area (Å²) in [4.78, 5) is 4.26. The molecule has 3 heteroatoms. The largest absolute Gasteiger partial charge is 0.291 e. The van der Waals surface area contributed by atoms with Crippen molar-refractivity contribution in [3.63, 3.8) is 0 Å². The highest BCUT2D eigenvalue weighted by atomic mass is 79.9. The number of thiophene rings is 1. The second-order valence-electron chi connectivity index (χ2n) is 5.93. The fraction of sp³-hybridized carbons (Fsp3) is 0.444. The van der Waals surface area contributed by atoms with Gasteiger partial charge in [0, 0.05) is 21.9 Å². The van der Waals surface area contributed by atoms with Gasteiger partial charge in [0.15, 0.2) is 0 Å². The van der Waals surface area contributed by atoms with Crippen molar-refractivity contribution in [3.05, 3.63) is 56.2 Å². The van der Waals surface area contributed by atoms with Crippen LogP contribution in [0, 0.1) is 6.92 Å². The number of likely N-dealkylation sites (tertiary alicyclic amines) is 1. The third kappa shape index (κ3) is 3.77. The second-order valence-corrected chi connectivity index (χ2v) is 7.80. The highest BCUT2D eigenvalue weighted by molar-refractivity contribution is 9.10. The summed E-state index contributed by atoms with van der Waals surface area (Å²) < 4.78 is 1.18. The first-order valence-electron chi connectivity index (χ1n) is 7.76. The molecule has 0 N–H and O–H groups in total. The molecule has 0 bridgehead atoms. The van der Waals surface area contributed by atoms with Crippen LogP contribution in [0.2, 0.25) is 0 Å². The summed E-state index contributed by atoms with van der Waals surface area (Å²) >= 11 is 5.52. The Labute approximate surface area is 140 Å². The zero-order valence-electron chi connectivity index (χ0n) is 12.5. The third-order valence-electron chi connectivity index (χ3n) is 4.34. The lowest BCUT2D eigenvalue weighted by Crippen LogP contribution is -2.28. The number of aryl methyl sites for hydroxylation is 1. The number of nitrogens with zero attached hydrogens (tertiary/aromatic N) is 1. The average molecular weight is 364 g/mol. The minimum atomic E-state index is 0.603. The van der Waals surface area contributed by atoms with Gasteiger partial charge in [-0.1, -0.05) is 40.9 Å². The second kappa shape index (κ2) is 7.08. The van der Waals surface area contributed by atoms with E-state index in [-0.39, 0.29) is 0 Å². The molecule has 1 saturated heterocycles. The SMILES string of the molecule is Cc1ccsc1[C@H]1CCCCCN1Cc1cccc(Br)c1. The Bertz CT molecular complexity index is 592. The van der Waals surface area contributed by atoms with Crippen LogP contribution in [0.25, 0.3) is 0 Å². The summed E-state index contributed by atoms with van der Waals surface area (Å²) in [6, 6.07) is 11.6. The smallest absolute Gasteiger partial charge is 0.0447 e. The maximum atomic E-state index is 3.59. The summed E-state index contributed by atoms with van der Waals surface area (Å²) in [5, 5.41) is 2.24. The van der Waals surface area contributed by atoms with Crippen LogP contribution in [-0.4, -0.2) is 11.4 Å². The van der Waals surface area contributed by atoms with Gasteiger partial charge in [-0.15, -0.1) is 11.3 Å². The summed E-state index contributed by atoms with van der Waals surface area (Å²) in [5.74, 6) is 0. The molecule has 3 rings (SSSR count). The first-order valence-corrected chi connectivity index (χ1v) is 9.44. The molecule has 0 unspecified atom stereocenters. The van der Waals surface area contributed by atoms with Crippen LogP contribution in [0.3, 0.4) is 0 Å². The average Bonchev–Trinajstić information content (AvgIpc) is 2.75. The fourth-order valence-corrected chi connectivity index (χ4v) is 4.79. The van der Waals surface area contributed by atoms with E-state index in [0.29, 0.717) is 6.04 Å². The van der Waals surface area contributed by atoms with Crippen molar-refractivity contribution in [2.45, 2.75) is 45.2 Å². The van der Waals surface area contributed by atoms with Gasteiger partial charge in [-0.3, -0.25) is 4.90 Å². The van der Waals surface area contributed by atoms with E-state index in [1.807, 2.05) is 11.3 Å². The Morgan fingerprint density at radius 2 is 2.14 bits per heavy atom. The molecule has 21 heavy (non-hydrogen) atoms. The van der Waals surface area contributed by atoms with Gasteiger partial charge >= 0.3 is 0 Å². The van der Waals surface area contributed by atoms with E-state index in [1.165, 1.54) is 47.8 Å². The van der Waals surface area contributed by atoms with E-state index < -0.39 is 0 Å². The highest BCUT2D eigenvalue weighted by Gasteiger charge is 2.24. The summed E-state index contributed by atoms with van der Waals surface area (Å²) in [6.45, 7) is 4.53. The predicted octanol–water partition coefficient (Wildman–Crippen LogP) is 5.94. The van der Waals surface area contributed by atoms with Crippen LogP contribution < -0.4 is 0 Å². The standard InChI is InChI=1S/C18H22BrNS/c1-14-9-11-21-18(14)17-8-3-2-4-10-20(17)13-15-6-5-7-16(19)12-15/h5-7,9,11-12,17H,2-4,8,10,13H2,1H3/t17-/m1/s1. The Morgan fingerprint density at radius 1 is 1.24 bits per heavy atom. The normalized spacial score (nSPS) is 20.4. The van der Waals surface area contributed by atoms with Gasteiger partial charge in [0.05, 0.1) is 0 Å². The number of hydrogen-bond acceptors (Lipinski definition) is 2. The van der Waals surface area contributed by atoms with Crippen LogP contribution in [0.4, 0.5) is 0 Å². The van der Waals surface area contributed by atoms with E-state index in [0.717, 1.165) is 6.54 Å². The first kappa shape index (κ1) is 15.3. The predicted molar refractivity (Wildman–Crippen MR) is 94.8 cm³/mol. The molecule has 1 aliphatic heterocycles. The van der Waals surface area contributed by atoms with E-state index in [4.69, 9.17) is 0 Å². The Balaban J connectivity index is 1.84. The number of rotatable bonds is 3. The lowest BCUT2D eigenvalue weighted by atomic mass is 10.0. The van der Waals surface area contributed by atoms with Gasteiger partial charge in [-0.2, -0.15) is 0 Å². The van der Waals surface area contributed by atoms with E-state index in [2.05, 4.69) is 63.5 Å². The molecule has 0 spiro atoms. The van der Waals surface area contributed by atoms with Crippen molar-refractivity contribution in [2.24, 2.45) is 0 Å². The fourth-order valence-electron chi connectivity index (χ4n) is 3.25. The molecule has 0 amide bonds. The first-order chi connectivity index (χ1) is 10.2. The van der Waals surface area contributed by atoms with Crippen molar-refractivity contribution in [1.29, 1.82) is 0 Å². The van der Waals surface area contributed by atoms with Crippen molar-refractivity contribution in [2.75, 3.05) is 6.54 Å². The summed E-state index contributed by atoms with van der Waals surface area (Å²) in [6.07, 6.45) is 5.36. The van der Waals surface area contributed by atoms with Crippen LogP contribution in [-0.2, 0) is 6.54 Å². The maximum Gasteiger partial charge on any atom is 0.0447 e. The van der Waals surface area contributed by atoms with Gasteiger partial charge in [0.1, 0.15) is 0 Å². The van der Waals surface area contributed by atoms with Crippen molar-refractivity contribution in [1.82, 2.24) is 4.90 Å². The summed E-state index contributed by atoms with van der Waals surface area (Å²) in [5.41, 5.74) is 2.87. The molecule has 1 aliphatic rings. The molecule has 0 radical (unpaired) electrons. The molecule has 1 fully saturated rings. The maximum absolute atomic E-state index is 3.59. The molecular weight excluding hydrogens is 342 g/mol. The Hall–Kier alpha value is -0.640. The van der Waals surface area contributed by atoms with E-state index in [9.17, 15) is 0 Å². The Kier molecular flexibility index (Phi) is 5.15. The summed E-state index contributed by atoms with van der Waals surface area (Å²) in [7, 11) is 0. The minimum absolute atomic E-state index is 0.603. The number of halogens is 1. The van der Waals surface area contributed by atoms with E-state index >= 15 is 0 Å². The molecule has 1 aromatic carbocycles. The van der Waals surface area contributed by atoms with Gasteiger partial charge in [0.25, 0.3) is 0 Å². The number of hydrogen-bond donors (Lipinski definition) is 0. The van der Waals surface area contributed by atoms with Gasteiger partial charge < -0.3 is 0 Å². The third-order valence-corrected chi connectivity index (χ3v) is 5.96. The topological polar surface area (TPSA) is 3.24 Å². The number of benzene rings is 1. The monoisotopic (exact) mass is 363 g/mol. The molecular formula is C18H22BrNS. The molecule has 2 aromatic rings. The zero-order valence-corrected chi connectivity index (χ0v) is 14.9. The highest BCUT2D eigenvalue weighted by Crippen LogP contribution is 2.36. The Morgan fingerprint density at radius 3 is 2.90 bits per heavy atom. The van der Waals surface area contributed by atoms with Crippen LogP contribution >= 0.6 is 27.3 Å².